The number of nitrogens with zero attached hydrogens (tertiary/aromatic N) is 8. The first kappa shape index (κ1) is 43.8. The van der Waals surface area contributed by atoms with Crippen molar-refractivity contribution in [1.82, 2.24) is 44.8 Å². The molecule has 8 rings (SSSR count). The van der Waals surface area contributed by atoms with Crippen LogP contribution in [-0.4, -0.2) is 69.2 Å². The van der Waals surface area contributed by atoms with E-state index in [4.69, 9.17) is 14.2 Å². The minimum absolute atomic E-state index is 0.0743. The Labute approximate surface area is 381 Å². The maximum Gasteiger partial charge on any atom is 0.408 e. The number of hydrogen-bond donors (Lipinski definition) is 1. The highest BCUT2D eigenvalue weighted by atomic mass is 32.2. The number of amides is 1. The van der Waals surface area contributed by atoms with Gasteiger partial charge in [-0.1, -0.05) is 71.5 Å². The van der Waals surface area contributed by atoms with Crippen LogP contribution in [0.3, 0.4) is 0 Å². The standard InChI is InChI=1S/C49H47N9O4S2/c1-35-29-41(61-33-45-53-55-47(63-43-17-5-3-6-18-43)57(45)39-15-10-25-50-31-39)23-21-37(35)13-9-27-52-49(59)60-28-12-14-38-22-24-42(30-36(38)2)62-34-46-54-56-48(64-44-19-7-4-8-20-44)58(46)40-16-11-26-51-32-40/h5,7,10-11,15-17,19,21-26,29-32,43-44H,3-4,6,8,18,20,27-28,33-34H2,1-2H3,(H,52,59). The molecular weight excluding hydrogens is 843 g/mol. The van der Waals surface area contributed by atoms with Gasteiger partial charge in [-0.25, -0.2) is 4.79 Å². The number of aryl methyl sites for hydroxylation is 2. The van der Waals surface area contributed by atoms with E-state index in [1.165, 1.54) is 12.8 Å². The number of pyridine rings is 2. The normalized spacial score (nSPS) is 15.3. The van der Waals surface area contributed by atoms with Crippen LogP contribution >= 0.6 is 23.5 Å². The summed E-state index contributed by atoms with van der Waals surface area (Å²) in [5.74, 6) is 14.8. The van der Waals surface area contributed by atoms with Crippen LogP contribution in [0, 0.1) is 37.5 Å². The Morgan fingerprint density at radius 2 is 1.25 bits per heavy atom. The van der Waals surface area contributed by atoms with E-state index in [0.717, 1.165) is 69.6 Å². The molecule has 2 aromatic carbocycles. The zero-order chi connectivity index (χ0) is 43.9. The van der Waals surface area contributed by atoms with Gasteiger partial charge in [0.25, 0.3) is 0 Å². The van der Waals surface area contributed by atoms with Crippen molar-refractivity contribution in [3.05, 3.63) is 144 Å². The third-order valence-corrected chi connectivity index (χ3v) is 12.7. The fourth-order valence-electron chi connectivity index (χ4n) is 7.03. The van der Waals surface area contributed by atoms with Gasteiger partial charge in [0, 0.05) is 34.0 Å². The van der Waals surface area contributed by atoms with E-state index >= 15 is 0 Å². The number of alkyl carbamates (subject to hydrolysis) is 1. The van der Waals surface area contributed by atoms with E-state index in [2.05, 4.69) is 83.7 Å². The predicted octanol–water partition coefficient (Wildman–Crippen LogP) is 8.94. The molecule has 0 bridgehead atoms. The number of allylic oxidation sites excluding steroid dienone is 2. The highest BCUT2D eigenvalue weighted by molar-refractivity contribution is 8.00. The quantitative estimate of drug-likeness (QED) is 0.0824. The average molecular weight is 890 g/mol. The summed E-state index contributed by atoms with van der Waals surface area (Å²) in [7, 11) is 0. The molecule has 2 unspecified atom stereocenters. The van der Waals surface area contributed by atoms with Gasteiger partial charge in [-0.3, -0.25) is 19.1 Å². The summed E-state index contributed by atoms with van der Waals surface area (Å²) in [6, 6.07) is 19.2. The molecule has 6 aromatic rings. The first-order chi connectivity index (χ1) is 31.5. The maximum atomic E-state index is 12.4. The Kier molecular flexibility index (Phi) is 15.1. The van der Waals surface area contributed by atoms with Crippen molar-refractivity contribution in [2.45, 2.75) is 86.4 Å². The van der Waals surface area contributed by atoms with Crippen LogP contribution < -0.4 is 14.8 Å². The van der Waals surface area contributed by atoms with E-state index < -0.39 is 6.09 Å². The third kappa shape index (κ3) is 11.8. The Bertz CT molecular complexity index is 2550. The zero-order valence-corrected chi connectivity index (χ0v) is 37.3. The summed E-state index contributed by atoms with van der Waals surface area (Å²) in [6.45, 7) is 4.41. The largest absolute Gasteiger partial charge is 0.486 e. The van der Waals surface area contributed by atoms with Gasteiger partial charge < -0.3 is 19.5 Å². The summed E-state index contributed by atoms with van der Waals surface area (Å²) in [6.07, 6.45) is 22.3. The van der Waals surface area contributed by atoms with Crippen molar-refractivity contribution in [2.75, 3.05) is 13.2 Å². The fraction of sp³-hybridized carbons (Fsp3) is 0.286. The molecule has 15 heteroatoms. The highest BCUT2D eigenvalue weighted by Crippen LogP contribution is 2.33. The summed E-state index contributed by atoms with van der Waals surface area (Å²) >= 11 is 3.41. The van der Waals surface area contributed by atoms with E-state index in [0.29, 0.717) is 33.6 Å². The van der Waals surface area contributed by atoms with Crippen molar-refractivity contribution in [1.29, 1.82) is 0 Å². The molecule has 324 valence electrons. The Balaban J connectivity index is 0.788. The van der Waals surface area contributed by atoms with Crippen molar-refractivity contribution >= 4 is 29.6 Å². The molecule has 0 fully saturated rings. The second-order valence-corrected chi connectivity index (χ2v) is 17.4. The SMILES string of the molecule is Cc1cc(OCc2nnc(SC3C=CCCC3)n2-c2cccnc2)ccc1C#CCNC(=O)OCC#Cc1ccc(OCc2nnc(SC3C=CCCC3)n2-c2cccnc2)cc1C. The van der Waals surface area contributed by atoms with Crippen LogP contribution in [0.2, 0.25) is 0 Å². The van der Waals surface area contributed by atoms with Crippen LogP contribution in [0.1, 0.15) is 72.4 Å². The molecule has 4 aromatic heterocycles. The van der Waals surface area contributed by atoms with Crippen LogP contribution in [0.4, 0.5) is 4.79 Å². The van der Waals surface area contributed by atoms with Gasteiger partial charge in [-0.15, -0.1) is 20.4 Å². The Morgan fingerprint density at radius 1 is 0.719 bits per heavy atom. The number of carbonyl (C=O) groups excluding carboxylic acids is 1. The lowest BCUT2D eigenvalue weighted by Crippen LogP contribution is -2.24. The molecule has 2 atom stereocenters. The maximum absolute atomic E-state index is 12.4. The van der Waals surface area contributed by atoms with E-state index in [1.54, 1.807) is 48.3 Å². The molecule has 0 radical (unpaired) electrons. The minimum atomic E-state index is -0.601. The van der Waals surface area contributed by atoms with Crippen LogP contribution in [0.5, 0.6) is 11.5 Å². The van der Waals surface area contributed by atoms with Gasteiger partial charge in [-0.05, 0) is 124 Å². The molecule has 4 heterocycles. The van der Waals surface area contributed by atoms with Gasteiger partial charge in [0.05, 0.1) is 30.3 Å². The molecule has 1 amide bonds. The highest BCUT2D eigenvalue weighted by Gasteiger charge is 2.21. The topological polar surface area (TPSA) is 144 Å². The number of ether oxygens (including phenoxy) is 3. The molecule has 2 aliphatic rings. The monoisotopic (exact) mass is 889 g/mol. The fourth-order valence-corrected chi connectivity index (χ4v) is 9.33. The van der Waals surface area contributed by atoms with Gasteiger partial charge in [-0.2, -0.15) is 0 Å². The number of hydrogen-bond acceptors (Lipinski definition) is 12. The van der Waals surface area contributed by atoms with E-state index in [1.807, 2.05) is 83.6 Å². The number of aromatic nitrogens is 8. The number of benzene rings is 2. The molecule has 0 saturated heterocycles. The second-order valence-electron chi connectivity index (χ2n) is 15.0. The zero-order valence-electron chi connectivity index (χ0n) is 35.6. The lowest BCUT2D eigenvalue weighted by Gasteiger charge is -2.16. The van der Waals surface area contributed by atoms with Crippen LogP contribution in [-0.2, 0) is 18.0 Å². The molecule has 0 aliphatic heterocycles. The Morgan fingerprint density at radius 3 is 1.72 bits per heavy atom. The number of nitrogens with one attached hydrogen (secondary N) is 1. The molecule has 64 heavy (non-hydrogen) atoms. The molecule has 0 saturated carbocycles. The third-order valence-electron chi connectivity index (χ3n) is 10.3. The van der Waals surface area contributed by atoms with Gasteiger partial charge >= 0.3 is 6.09 Å². The van der Waals surface area contributed by atoms with Crippen molar-refractivity contribution in [3.63, 3.8) is 0 Å². The van der Waals surface area contributed by atoms with Gasteiger partial charge in [0.15, 0.2) is 28.6 Å². The molecular formula is C49H47N9O4S2. The van der Waals surface area contributed by atoms with Crippen LogP contribution in [0.15, 0.2) is 120 Å². The molecule has 13 nitrogen and oxygen atoms in total. The summed E-state index contributed by atoms with van der Waals surface area (Å²) in [4.78, 5) is 21.0. The first-order valence-electron chi connectivity index (χ1n) is 21.2. The molecule has 2 aliphatic carbocycles. The van der Waals surface area contributed by atoms with E-state index in [-0.39, 0.29) is 26.4 Å². The average Bonchev–Trinajstić information content (AvgIpc) is 3.93. The molecule has 1 N–H and O–H groups in total. The van der Waals surface area contributed by atoms with Crippen LogP contribution in [0.25, 0.3) is 11.4 Å². The summed E-state index contributed by atoms with van der Waals surface area (Å²) in [5.41, 5.74) is 5.26. The van der Waals surface area contributed by atoms with Crippen molar-refractivity contribution in [2.24, 2.45) is 0 Å². The predicted molar refractivity (Wildman–Crippen MR) is 248 cm³/mol. The lowest BCUT2D eigenvalue weighted by atomic mass is 10.1. The van der Waals surface area contributed by atoms with Crippen molar-refractivity contribution < 1.29 is 19.0 Å². The minimum Gasteiger partial charge on any atom is -0.486 e. The second kappa shape index (κ2) is 22.0. The summed E-state index contributed by atoms with van der Waals surface area (Å²) in [5, 5.41) is 23.0. The van der Waals surface area contributed by atoms with Gasteiger partial charge in [0.1, 0.15) is 24.7 Å². The smallest absolute Gasteiger partial charge is 0.408 e. The first-order valence-corrected chi connectivity index (χ1v) is 22.9. The van der Waals surface area contributed by atoms with Gasteiger partial charge in [0.2, 0.25) is 0 Å². The molecule has 0 spiro atoms. The lowest BCUT2D eigenvalue weighted by molar-refractivity contribution is 0.161. The summed E-state index contributed by atoms with van der Waals surface area (Å²) < 4.78 is 21.7. The Hall–Kier alpha value is -6.81. The number of carbonyl (C=O) groups is 1. The number of rotatable bonds is 14. The van der Waals surface area contributed by atoms with Crippen molar-refractivity contribution in [3.8, 4) is 46.6 Å². The number of thioether (sulfide) groups is 2. The van der Waals surface area contributed by atoms with E-state index in [9.17, 15) is 4.79 Å².